The lowest BCUT2D eigenvalue weighted by atomic mass is 9.89. The molecule has 0 bridgehead atoms. The van der Waals surface area contributed by atoms with Crippen LogP contribution in [0.15, 0.2) is 47.5 Å². The number of thioether (sulfide) groups is 1. The molecule has 0 aromatic heterocycles. The Kier molecular flexibility index (Phi) is 6.23. The fourth-order valence-corrected chi connectivity index (χ4v) is 4.80. The van der Waals surface area contributed by atoms with E-state index in [1.54, 1.807) is 4.90 Å². The van der Waals surface area contributed by atoms with Crippen LogP contribution >= 0.6 is 11.8 Å². The molecule has 0 saturated heterocycles. The van der Waals surface area contributed by atoms with Crippen LogP contribution in [0, 0.1) is 6.92 Å². The van der Waals surface area contributed by atoms with Crippen LogP contribution in [0.3, 0.4) is 0 Å². The van der Waals surface area contributed by atoms with E-state index in [9.17, 15) is 9.59 Å². The maximum atomic E-state index is 12.6. The normalized spacial score (nSPS) is 16.8. The number of anilines is 1. The van der Waals surface area contributed by atoms with Crippen LogP contribution in [-0.4, -0.2) is 29.3 Å². The number of fused-ring (bicyclic) bond motifs is 1. The first kappa shape index (κ1) is 20.7. The Labute approximate surface area is 182 Å². The SMILES string of the molecule is Cc1ccc(N2C(=O)CN=C2SCC(=O)N[C@H](C)c2ccc3c(c2)CCCC3)cc1. The molecule has 2 aromatic carbocycles. The number of amides is 2. The van der Waals surface area contributed by atoms with Crippen LogP contribution in [0.1, 0.15) is 48.1 Å². The van der Waals surface area contributed by atoms with Crippen LogP contribution in [0.5, 0.6) is 0 Å². The molecule has 4 rings (SSSR count). The van der Waals surface area contributed by atoms with Crippen molar-refractivity contribution in [3.05, 3.63) is 64.7 Å². The van der Waals surface area contributed by atoms with Gasteiger partial charge in [-0.05, 0) is 68.4 Å². The zero-order chi connectivity index (χ0) is 21.1. The van der Waals surface area contributed by atoms with Gasteiger partial charge in [0.1, 0.15) is 6.54 Å². The molecule has 0 radical (unpaired) electrons. The molecule has 156 valence electrons. The highest BCUT2D eigenvalue weighted by atomic mass is 32.2. The molecule has 6 heteroatoms. The predicted molar refractivity (Wildman–Crippen MR) is 123 cm³/mol. The Morgan fingerprint density at radius 1 is 1.13 bits per heavy atom. The van der Waals surface area contributed by atoms with Crippen molar-refractivity contribution >= 4 is 34.4 Å². The summed E-state index contributed by atoms with van der Waals surface area (Å²) in [6.07, 6.45) is 4.79. The Balaban J connectivity index is 1.35. The van der Waals surface area contributed by atoms with Crippen molar-refractivity contribution in [2.45, 2.75) is 45.6 Å². The van der Waals surface area contributed by atoms with Gasteiger partial charge in [0.05, 0.1) is 17.5 Å². The number of carbonyl (C=O) groups is 2. The number of benzene rings is 2. The molecule has 0 spiro atoms. The summed E-state index contributed by atoms with van der Waals surface area (Å²) in [7, 11) is 0. The maximum absolute atomic E-state index is 12.6. The molecule has 2 aliphatic rings. The van der Waals surface area contributed by atoms with Crippen molar-refractivity contribution in [1.29, 1.82) is 0 Å². The van der Waals surface area contributed by atoms with Crippen molar-refractivity contribution in [3.8, 4) is 0 Å². The van der Waals surface area contributed by atoms with Gasteiger partial charge >= 0.3 is 0 Å². The summed E-state index contributed by atoms with van der Waals surface area (Å²) in [6.45, 7) is 4.15. The monoisotopic (exact) mass is 421 g/mol. The minimum Gasteiger partial charge on any atom is -0.349 e. The number of hydrogen-bond donors (Lipinski definition) is 1. The van der Waals surface area contributed by atoms with Crippen LogP contribution in [0.2, 0.25) is 0 Å². The molecule has 0 unspecified atom stereocenters. The molecule has 0 saturated carbocycles. The second-order valence-corrected chi connectivity index (χ2v) is 8.92. The number of aliphatic imine (C=N–C) groups is 1. The smallest absolute Gasteiger partial charge is 0.254 e. The van der Waals surface area contributed by atoms with Gasteiger partial charge in [0.2, 0.25) is 5.91 Å². The highest BCUT2D eigenvalue weighted by molar-refractivity contribution is 8.14. The van der Waals surface area contributed by atoms with Crippen molar-refractivity contribution in [2.24, 2.45) is 4.99 Å². The molecule has 1 heterocycles. The highest BCUT2D eigenvalue weighted by Gasteiger charge is 2.28. The molecule has 0 fully saturated rings. The highest BCUT2D eigenvalue weighted by Crippen LogP contribution is 2.26. The lowest BCUT2D eigenvalue weighted by molar-refractivity contribution is -0.119. The largest absolute Gasteiger partial charge is 0.349 e. The molecule has 1 aliphatic heterocycles. The number of carbonyl (C=O) groups excluding carboxylic acids is 2. The van der Waals surface area contributed by atoms with E-state index in [1.807, 2.05) is 38.1 Å². The average molecular weight is 422 g/mol. The maximum Gasteiger partial charge on any atom is 0.254 e. The van der Waals surface area contributed by atoms with Gasteiger partial charge in [0, 0.05) is 0 Å². The minimum absolute atomic E-state index is 0.0503. The lowest BCUT2D eigenvalue weighted by Crippen LogP contribution is -2.33. The summed E-state index contributed by atoms with van der Waals surface area (Å²) in [5.41, 5.74) is 5.92. The van der Waals surface area contributed by atoms with E-state index in [-0.39, 0.29) is 30.2 Å². The third-order valence-corrected chi connectivity index (χ3v) is 6.64. The molecule has 5 nitrogen and oxygen atoms in total. The lowest BCUT2D eigenvalue weighted by Gasteiger charge is -2.20. The zero-order valence-electron chi connectivity index (χ0n) is 17.5. The standard InChI is InChI=1S/C24H27N3O2S/c1-16-7-11-21(12-8-16)27-23(29)14-25-24(27)30-15-22(28)26-17(2)19-10-9-18-5-3-4-6-20(18)13-19/h7-13,17H,3-6,14-15H2,1-2H3,(H,26,28)/t17-/m1/s1. The number of nitrogens with zero attached hydrogens (tertiary/aromatic N) is 2. The predicted octanol–water partition coefficient (Wildman–Crippen LogP) is 4.19. The van der Waals surface area contributed by atoms with E-state index in [0.717, 1.165) is 29.7 Å². The Hall–Kier alpha value is -2.60. The number of amidine groups is 1. The topological polar surface area (TPSA) is 61.8 Å². The minimum atomic E-state index is -0.0656. The molecular weight excluding hydrogens is 394 g/mol. The van der Waals surface area contributed by atoms with Gasteiger partial charge in [-0.15, -0.1) is 0 Å². The van der Waals surface area contributed by atoms with Crippen LogP contribution in [-0.2, 0) is 22.4 Å². The van der Waals surface area contributed by atoms with Crippen LogP contribution in [0.4, 0.5) is 5.69 Å². The molecule has 1 atom stereocenters. The Bertz CT molecular complexity index is 984. The molecule has 30 heavy (non-hydrogen) atoms. The Morgan fingerprint density at radius 2 is 1.87 bits per heavy atom. The third kappa shape index (κ3) is 4.59. The van der Waals surface area contributed by atoms with Crippen molar-refractivity contribution in [3.63, 3.8) is 0 Å². The van der Waals surface area contributed by atoms with Gasteiger partial charge in [-0.25, -0.2) is 0 Å². The summed E-state index contributed by atoms with van der Waals surface area (Å²) in [6, 6.07) is 14.3. The van der Waals surface area contributed by atoms with Gasteiger partial charge in [-0.3, -0.25) is 19.5 Å². The molecule has 2 aromatic rings. The summed E-state index contributed by atoms with van der Waals surface area (Å²) < 4.78 is 0. The van der Waals surface area contributed by atoms with Crippen molar-refractivity contribution in [1.82, 2.24) is 5.32 Å². The molecule has 1 aliphatic carbocycles. The van der Waals surface area contributed by atoms with Gasteiger partial charge in [0.25, 0.3) is 5.91 Å². The fourth-order valence-electron chi connectivity index (χ4n) is 3.96. The number of rotatable bonds is 5. The summed E-state index contributed by atoms with van der Waals surface area (Å²) in [5.74, 6) is 0.101. The van der Waals surface area contributed by atoms with E-state index in [0.29, 0.717) is 5.17 Å². The van der Waals surface area contributed by atoms with Crippen molar-refractivity contribution in [2.75, 3.05) is 17.2 Å². The van der Waals surface area contributed by atoms with Crippen molar-refractivity contribution < 1.29 is 9.59 Å². The first-order valence-corrected chi connectivity index (χ1v) is 11.5. The van der Waals surface area contributed by atoms with Crippen LogP contribution < -0.4 is 10.2 Å². The second kappa shape index (κ2) is 9.04. The van der Waals surface area contributed by atoms with Gasteiger partial charge < -0.3 is 5.32 Å². The first-order chi connectivity index (χ1) is 14.5. The summed E-state index contributed by atoms with van der Waals surface area (Å²) >= 11 is 1.31. The number of aryl methyl sites for hydroxylation is 3. The van der Waals surface area contributed by atoms with Gasteiger partial charge in [0.15, 0.2) is 5.17 Å². The molecule has 2 amide bonds. The Morgan fingerprint density at radius 3 is 2.63 bits per heavy atom. The van der Waals surface area contributed by atoms with E-state index in [4.69, 9.17) is 0 Å². The quantitative estimate of drug-likeness (QED) is 0.788. The molecular formula is C24H27N3O2S. The summed E-state index contributed by atoms with van der Waals surface area (Å²) in [4.78, 5) is 30.8. The number of nitrogens with one attached hydrogen (secondary N) is 1. The van der Waals surface area contributed by atoms with Gasteiger partial charge in [-0.1, -0.05) is 47.7 Å². The first-order valence-electron chi connectivity index (χ1n) is 10.5. The van der Waals surface area contributed by atoms with E-state index >= 15 is 0 Å². The fraction of sp³-hybridized carbons (Fsp3) is 0.375. The van der Waals surface area contributed by atoms with E-state index in [1.165, 1.54) is 35.7 Å². The molecule has 1 N–H and O–H groups in total. The van der Waals surface area contributed by atoms with E-state index < -0.39 is 0 Å². The summed E-state index contributed by atoms with van der Waals surface area (Å²) in [5, 5.41) is 3.67. The zero-order valence-corrected chi connectivity index (χ0v) is 18.3. The number of hydrogen-bond acceptors (Lipinski definition) is 4. The van der Waals surface area contributed by atoms with E-state index in [2.05, 4.69) is 28.5 Å². The second-order valence-electron chi connectivity index (χ2n) is 7.98. The van der Waals surface area contributed by atoms with Crippen LogP contribution in [0.25, 0.3) is 0 Å². The average Bonchev–Trinajstić information content (AvgIpc) is 3.13. The van der Waals surface area contributed by atoms with Gasteiger partial charge in [-0.2, -0.15) is 0 Å². The third-order valence-electron chi connectivity index (χ3n) is 5.66.